The molecule has 0 heterocycles. The van der Waals surface area contributed by atoms with Crippen molar-refractivity contribution < 1.29 is 14.3 Å². The molecule has 0 radical (unpaired) electrons. The second-order valence-corrected chi connectivity index (χ2v) is 5.19. The Labute approximate surface area is 110 Å². The summed E-state index contributed by atoms with van der Waals surface area (Å²) in [6.45, 7) is 0.660. The number of carbonyl (C=O) groups is 1. The fourth-order valence-electron chi connectivity index (χ4n) is 1.97. The zero-order chi connectivity index (χ0) is 13.2. The average Bonchev–Trinajstić information content (AvgIpc) is 3.07. The molecule has 1 aromatic carbocycles. The molecule has 0 aromatic heterocycles. The minimum Gasteiger partial charge on any atom is -0.396 e. The van der Waals surface area contributed by atoms with Crippen LogP contribution >= 0.6 is 11.6 Å². The lowest BCUT2D eigenvalue weighted by molar-refractivity contribution is 0.0941. The molecule has 1 aliphatic carbocycles. The number of carbonyl (C=O) groups excluding carboxylic acids is 1. The summed E-state index contributed by atoms with van der Waals surface area (Å²) in [6.07, 6.45) is 2.74. The summed E-state index contributed by atoms with van der Waals surface area (Å²) in [6, 6.07) is 3.71. The molecule has 5 heteroatoms. The highest BCUT2D eigenvalue weighted by Crippen LogP contribution is 2.47. The van der Waals surface area contributed by atoms with E-state index in [4.69, 9.17) is 16.7 Å². The van der Waals surface area contributed by atoms with Crippen molar-refractivity contribution in [2.24, 2.45) is 5.41 Å². The number of halogens is 2. The maximum Gasteiger partial charge on any atom is 0.252 e. The van der Waals surface area contributed by atoms with Crippen molar-refractivity contribution in [2.45, 2.75) is 19.3 Å². The lowest BCUT2D eigenvalue weighted by Crippen LogP contribution is -2.30. The van der Waals surface area contributed by atoms with Gasteiger partial charge in [-0.15, -0.1) is 0 Å². The smallest absolute Gasteiger partial charge is 0.252 e. The van der Waals surface area contributed by atoms with Crippen LogP contribution in [0.1, 0.15) is 29.6 Å². The van der Waals surface area contributed by atoms with E-state index in [9.17, 15) is 9.18 Å². The van der Waals surface area contributed by atoms with Crippen LogP contribution in [0.2, 0.25) is 5.02 Å². The van der Waals surface area contributed by atoms with E-state index in [1.165, 1.54) is 12.1 Å². The Bertz CT molecular complexity index is 460. The molecule has 1 aromatic rings. The van der Waals surface area contributed by atoms with Gasteiger partial charge in [0.15, 0.2) is 0 Å². The molecule has 0 spiro atoms. The molecule has 1 fully saturated rings. The molecule has 98 valence electrons. The van der Waals surface area contributed by atoms with E-state index in [1.54, 1.807) is 0 Å². The van der Waals surface area contributed by atoms with Crippen LogP contribution in [0, 0.1) is 11.2 Å². The van der Waals surface area contributed by atoms with E-state index in [1.807, 2.05) is 0 Å². The van der Waals surface area contributed by atoms with Crippen molar-refractivity contribution in [1.82, 2.24) is 5.32 Å². The predicted molar refractivity (Wildman–Crippen MR) is 67.1 cm³/mol. The molecule has 1 aliphatic rings. The number of aliphatic hydroxyl groups is 1. The number of hydrogen-bond donors (Lipinski definition) is 2. The Balaban J connectivity index is 1.96. The van der Waals surface area contributed by atoms with Crippen molar-refractivity contribution >= 4 is 17.5 Å². The number of hydrogen-bond acceptors (Lipinski definition) is 2. The number of benzene rings is 1. The van der Waals surface area contributed by atoms with Crippen molar-refractivity contribution in [1.29, 1.82) is 0 Å². The lowest BCUT2D eigenvalue weighted by atomic mass is 10.0. The summed E-state index contributed by atoms with van der Waals surface area (Å²) in [7, 11) is 0. The summed E-state index contributed by atoms with van der Waals surface area (Å²) in [5.74, 6) is -0.764. The van der Waals surface area contributed by atoms with Gasteiger partial charge in [-0.2, -0.15) is 0 Å². The summed E-state index contributed by atoms with van der Waals surface area (Å²) in [5, 5.41) is 11.8. The number of rotatable bonds is 5. The topological polar surface area (TPSA) is 49.3 Å². The van der Waals surface area contributed by atoms with Crippen molar-refractivity contribution in [3.63, 3.8) is 0 Å². The fourth-order valence-corrected chi connectivity index (χ4v) is 2.22. The van der Waals surface area contributed by atoms with Crippen molar-refractivity contribution in [3.8, 4) is 0 Å². The van der Waals surface area contributed by atoms with E-state index in [0.29, 0.717) is 13.0 Å². The Hall–Kier alpha value is -1.13. The van der Waals surface area contributed by atoms with Gasteiger partial charge in [0, 0.05) is 13.2 Å². The highest BCUT2D eigenvalue weighted by molar-refractivity contribution is 6.33. The first kappa shape index (κ1) is 13.3. The predicted octanol–water partition coefficient (Wildman–Crippen LogP) is 2.37. The van der Waals surface area contributed by atoms with Crippen molar-refractivity contribution in [2.75, 3.05) is 13.2 Å². The van der Waals surface area contributed by atoms with E-state index in [-0.39, 0.29) is 28.5 Å². The molecule has 0 bridgehead atoms. The molecular weight excluding hydrogens is 257 g/mol. The van der Waals surface area contributed by atoms with E-state index in [2.05, 4.69) is 5.32 Å². The monoisotopic (exact) mass is 271 g/mol. The summed E-state index contributed by atoms with van der Waals surface area (Å²) in [5.41, 5.74) is 0.328. The fraction of sp³-hybridized carbons (Fsp3) is 0.462. The first-order valence-corrected chi connectivity index (χ1v) is 6.28. The molecule has 0 saturated heterocycles. The van der Waals surface area contributed by atoms with Crippen LogP contribution in [-0.4, -0.2) is 24.2 Å². The third kappa shape index (κ3) is 3.00. The van der Waals surface area contributed by atoms with Gasteiger partial charge in [-0.25, -0.2) is 4.39 Å². The summed E-state index contributed by atoms with van der Waals surface area (Å²) in [4.78, 5) is 11.9. The second kappa shape index (κ2) is 5.24. The Morgan fingerprint density at radius 3 is 2.78 bits per heavy atom. The Kier molecular flexibility index (Phi) is 3.88. The van der Waals surface area contributed by atoms with E-state index >= 15 is 0 Å². The third-order valence-electron chi connectivity index (χ3n) is 3.40. The third-order valence-corrected chi connectivity index (χ3v) is 3.71. The standard InChI is InChI=1S/C13H15ClFNO2/c14-11-7-9(15)1-2-10(11)12(18)16-8-13(3-4-13)5-6-17/h1-2,7,17H,3-6,8H2,(H,16,18). The molecule has 2 rings (SSSR count). The summed E-state index contributed by atoms with van der Waals surface area (Å²) < 4.78 is 12.9. The van der Waals surface area contributed by atoms with Gasteiger partial charge in [0.05, 0.1) is 10.6 Å². The van der Waals surface area contributed by atoms with Crippen LogP contribution in [0.5, 0.6) is 0 Å². The average molecular weight is 272 g/mol. The zero-order valence-corrected chi connectivity index (χ0v) is 10.6. The highest BCUT2D eigenvalue weighted by atomic mass is 35.5. The molecule has 1 saturated carbocycles. The van der Waals surface area contributed by atoms with Crippen LogP contribution in [-0.2, 0) is 0 Å². The molecule has 18 heavy (non-hydrogen) atoms. The molecular formula is C13H15ClFNO2. The number of nitrogens with one attached hydrogen (secondary N) is 1. The van der Waals surface area contributed by atoms with Gasteiger partial charge in [-0.1, -0.05) is 11.6 Å². The number of amides is 1. The first-order chi connectivity index (χ1) is 8.56. The molecule has 0 aliphatic heterocycles. The van der Waals surface area contributed by atoms with Crippen LogP contribution in [0.3, 0.4) is 0 Å². The SMILES string of the molecule is O=C(NCC1(CCO)CC1)c1ccc(F)cc1Cl. The van der Waals surface area contributed by atoms with Gasteiger partial charge >= 0.3 is 0 Å². The van der Waals surface area contributed by atoms with Crippen molar-refractivity contribution in [3.05, 3.63) is 34.6 Å². The normalized spacial score (nSPS) is 16.4. The lowest BCUT2D eigenvalue weighted by Gasteiger charge is -2.14. The largest absolute Gasteiger partial charge is 0.396 e. The summed E-state index contributed by atoms with van der Waals surface area (Å²) >= 11 is 5.81. The maximum atomic E-state index is 12.9. The van der Waals surface area contributed by atoms with Gasteiger partial charge in [0.2, 0.25) is 0 Å². The molecule has 3 nitrogen and oxygen atoms in total. The van der Waals surface area contributed by atoms with Crippen LogP contribution in [0.25, 0.3) is 0 Å². The zero-order valence-electron chi connectivity index (χ0n) is 9.88. The maximum absolute atomic E-state index is 12.9. The van der Waals surface area contributed by atoms with Gasteiger partial charge in [0.25, 0.3) is 5.91 Å². The van der Waals surface area contributed by atoms with Gasteiger partial charge < -0.3 is 10.4 Å². The minimum atomic E-state index is -0.463. The van der Waals surface area contributed by atoms with E-state index < -0.39 is 5.82 Å². The van der Waals surface area contributed by atoms with Gasteiger partial charge in [0.1, 0.15) is 5.82 Å². The molecule has 0 unspecified atom stereocenters. The van der Waals surface area contributed by atoms with Crippen LogP contribution < -0.4 is 5.32 Å². The molecule has 1 amide bonds. The van der Waals surface area contributed by atoms with Gasteiger partial charge in [-0.05, 0) is 42.9 Å². The Morgan fingerprint density at radius 2 is 2.22 bits per heavy atom. The Morgan fingerprint density at radius 1 is 1.50 bits per heavy atom. The van der Waals surface area contributed by atoms with Crippen LogP contribution in [0.4, 0.5) is 4.39 Å². The minimum absolute atomic E-state index is 0.0525. The quantitative estimate of drug-likeness (QED) is 0.864. The first-order valence-electron chi connectivity index (χ1n) is 5.90. The number of aliphatic hydroxyl groups excluding tert-OH is 1. The molecule has 0 atom stereocenters. The van der Waals surface area contributed by atoms with Crippen LogP contribution in [0.15, 0.2) is 18.2 Å². The second-order valence-electron chi connectivity index (χ2n) is 4.78. The van der Waals surface area contributed by atoms with Gasteiger partial charge in [-0.3, -0.25) is 4.79 Å². The highest BCUT2D eigenvalue weighted by Gasteiger charge is 2.41. The molecule has 2 N–H and O–H groups in total. The van der Waals surface area contributed by atoms with E-state index in [0.717, 1.165) is 18.9 Å².